The van der Waals surface area contributed by atoms with Gasteiger partial charge in [-0.3, -0.25) is 9.59 Å². The van der Waals surface area contributed by atoms with E-state index < -0.39 is 23.1 Å². The number of hydrogen-bond acceptors (Lipinski definition) is 4. The van der Waals surface area contributed by atoms with Crippen molar-refractivity contribution in [3.63, 3.8) is 0 Å². The van der Waals surface area contributed by atoms with E-state index in [-0.39, 0.29) is 12.8 Å². The molecule has 0 aromatic heterocycles. The molecule has 0 bridgehead atoms. The lowest BCUT2D eigenvalue weighted by molar-refractivity contribution is -0.165. The number of carboxylic acid groups (broad SMARTS) is 2. The summed E-state index contributed by atoms with van der Waals surface area (Å²) in [6.07, 6.45) is 6.42. The quantitative estimate of drug-likeness (QED) is 0.398. The fourth-order valence-electron chi connectivity index (χ4n) is 2.29. The van der Waals surface area contributed by atoms with E-state index in [1.807, 2.05) is 6.92 Å². The zero-order chi connectivity index (χ0) is 15.2. The second-order valence-electron chi connectivity index (χ2n) is 5.11. The average molecular weight is 284 g/mol. The van der Waals surface area contributed by atoms with Gasteiger partial charge in [0.1, 0.15) is 0 Å². The number of ether oxygens (including phenoxy) is 2. The zero-order valence-corrected chi connectivity index (χ0v) is 11.6. The molecule has 112 valence electrons. The van der Waals surface area contributed by atoms with Crippen molar-refractivity contribution in [3.8, 4) is 12.3 Å². The minimum Gasteiger partial charge on any atom is -0.480 e. The van der Waals surface area contributed by atoms with Gasteiger partial charge < -0.3 is 19.7 Å². The Kier molecular flexibility index (Phi) is 5.54. The van der Waals surface area contributed by atoms with Gasteiger partial charge in [0.05, 0.1) is 13.2 Å². The summed E-state index contributed by atoms with van der Waals surface area (Å²) < 4.78 is 10.9. The maximum Gasteiger partial charge on any atom is 0.322 e. The first kappa shape index (κ1) is 16.5. The third-order valence-corrected chi connectivity index (χ3v) is 3.61. The topological polar surface area (TPSA) is 93.1 Å². The van der Waals surface area contributed by atoms with Gasteiger partial charge in [-0.05, 0) is 19.8 Å². The fraction of sp³-hybridized carbons (Fsp3) is 0.714. The molecule has 0 unspecified atom stereocenters. The van der Waals surface area contributed by atoms with Crippen molar-refractivity contribution in [1.82, 2.24) is 0 Å². The van der Waals surface area contributed by atoms with Crippen LogP contribution in [0.3, 0.4) is 0 Å². The smallest absolute Gasteiger partial charge is 0.322 e. The predicted octanol–water partition coefficient (Wildman–Crippen LogP) is 1.49. The van der Waals surface area contributed by atoms with Crippen molar-refractivity contribution in [1.29, 1.82) is 0 Å². The molecule has 0 spiro atoms. The van der Waals surface area contributed by atoms with Crippen LogP contribution in [-0.2, 0) is 19.1 Å². The predicted molar refractivity (Wildman–Crippen MR) is 69.9 cm³/mol. The number of terminal acetylenes is 1. The first-order chi connectivity index (χ1) is 9.36. The first-order valence-electron chi connectivity index (χ1n) is 6.54. The highest BCUT2D eigenvalue weighted by Crippen LogP contribution is 2.32. The van der Waals surface area contributed by atoms with Crippen LogP contribution in [0.2, 0.25) is 0 Å². The molecule has 0 aliphatic carbocycles. The summed E-state index contributed by atoms with van der Waals surface area (Å²) in [4.78, 5) is 22.5. The number of aliphatic carboxylic acids is 2. The van der Waals surface area contributed by atoms with E-state index >= 15 is 0 Å². The molecule has 1 aliphatic heterocycles. The molecule has 1 aliphatic rings. The monoisotopic (exact) mass is 284 g/mol. The molecule has 1 rings (SSSR count). The molecule has 0 amide bonds. The van der Waals surface area contributed by atoms with Crippen LogP contribution in [0.15, 0.2) is 0 Å². The van der Waals surface area contributed by atoms with Gasteiger partial charge in [-0.15, -0.1) is 12.3 Å². The molecule has 0 aromatic carbocycles. The summed E-state index contributed by atoms with van der Waals surface area (Å²) in [5.41, 5.74) is -1.90. The summed E-state index contributed by atoms with van der Waals surface area (Å²) in [6, 6.07) is 0. The Hall–Kier alpha value is -1.58. The SMILES string of the molecule is C#CCC(CCCCC1(C)OCCO1)(C(=O)O)C(=O)O. The van der Waals surface area contributed by atoms with Crippen molar-refractivity contribution in [2.75, 3.05) is 13.2 Å². The molecule has 1 heterocycles. The molecule has 2 N–H and O–H groups in total. The lowest BCUT2D eigenvalue weighted by Gasteiger charge is -2.25. The molecule has 0 saturated carbocycles. The van der Waals surface area contributed by atoms with Gasteiger partial charge in [0.25, 0.3) is 0 Å². The highest BCUT2D eigenvalue weighted by Gasteiger charge is 2.45. The van der Waals surface area contributed by atoms with Crippen LogP contribution in [-0.4, -0.2) is 41.2 Å². The van der Waals surface area contributed by atoms with Crippen LogP contribution in [0.1, 0.15) is 39.0 Å². The van der Waals surface area contributed by atoms with Gasteiger partial charge in [-0.2, -0.15) is 0 Å². The molecule has 1 fully saturated rings. The summed E-state index contributed by atoms with van der Waals surface area (Å²) >= 11 is 0. The standard InChI is InChI=1S/C14H20O6/c1-3-6-14(11(15)16,12(17)18)8-5-4-7-13(2)19-9-10-20-13/h1H,4-10H2,2H3,(H,15,16)(H,17,18). The van der Waals surface area contributed by atoms with E-state index in [1.165, 1.54) is 0 Å². The van der Waals surface area contributed by atoms with Crippen LogP contribution >= 0.6 is 0 Å². The summed E-state index contributed by atoms with van der Waals surface area (Å²) in [5.74, 6) is -1.26. The Morgan fingerprint density at radius 3 is 2.25 bits per heavy atom. The van der Waals surface area contributed by atoms with Crippen molar-refractivity contribution in [2.45, 2.75) is 44.8 Å². The zero-order valence-electron chi connectivity index (χ0n) is 11.6. The molecule has 20 heavy (non-hydrogen) atoms. The molecular formula is C14H20O6. The van der Waals surface area contributed by atoms with E-state index in [0.29, 0.717) is 32.5 Å². The summed E-state index contributed by atoms with van der Waals surface area (Å²) in [6.45, 7) is 2.91. The number of hydrogen-bond donors (Lipinski definition) is 2. The van der Waals surface area contributed by atoms with E-state index in [9.17, 15) is 9.59 Å². The Morgan fingerprint density at radius 1 is 1.25 bits per heavy atom. The maximum absolute atomic E-state index is 11.2. The first-order valence-corrected chi connectivity index (χ1v) is 6.54. The Balaban J connectivity index is 2.53. The van der Waals surface area contributed by atoms with Crippen molar-refractivity contribution < 1.29 is 29.3 Å². The van der Waals surface area contributed by atoms with Gasteiger partial charge in [-0.25, -0.2) is 0 Å². The molecular weight excluding hydrogens is 264 g/mol. The van der Waals surface area contributed by atoms with Crippen LogP contribution in [0.25, 0.3) is 0 Å². The molecule has 0 atom stereocenters. The largest absolute Gasteiger partial charge is 0.480 e. The summed E-state index contributed by atoms with van der Waals surface area (Å²) in [7, 11) is 0. The molecule has 1 saturated heterocycles. The van der Waals surface area contributed by atoms with Crippen LogP contribution in [0.5, 0.6) is 0 Å². The lowest BCUT2D eigenvalue weighted by atomic mass is 9.79. The second-order valence-corrected chi connectivity index (χ2v) is 5.11. The normalized spacial score (nSPS) is 17.6. The van der Waals surface area contributed by atoms with Gasteiger partial charge in [-0.1, -0.05) is 6.42 Å². The van der Waals surface area contributed by atoms with Gasteiger partial charge >= 0.3 is 11.9 Å². The summed E-state index contributed by atoms with van der Waals surface area (Å²) in [5, 5.41) is 18.3. The van der Waals surface area contributed by atoms with Crippen LogP contribution in [0, 0.1) is 17.8 Å². The van der Waals surface area contributed by atoms with E-state index in [4.69, 9.17) is 26.1 Å². The number of carboxylic acids is 2. The number of rotatable bonds is 8. The molecule has 6 nitrogen and oxygen atoms in total. The maximum atomic E-state index is 11.2. The minimum atomic E-state index is -1.90. The van der Waals surface area contributed by atoms with E-state index in [2.05, 4.69) is 5.92 Å². The van der Waals surface area contributed by atoms with Crippen molar-refractivity contribution in [3.05, 3.63) is 0 Å². The second kappa shape index (κ2) is 6.73. The third-order valence-electron chi connectivity index (χ3n) is 3.61. The number of carbonyl (C=O) groups is 2. The molecule has 0 radical (unpaired) electrons. The van der Waals surface area contributed by atoms with E-state index in [1.54, 1.807) is 0 Å². The third kappa shape index (κ3) is 3.71. The Labute approximate surface area is 118 Å². The van der Waals surface area contributed by atoms with Crippen LogP contribution < -0.4 is 0 Å². The van der Waals surface area contributed by atoms with Crippen LogP contribution in [0.4, 0.5) is 0 Å². The fourth-order valence-corrected chi connectivity index (χ4v) is 2.29. The van der Waals surface area contributed by atoms with Gasteiger partial charge in [0.15, 0.2) is 11.2 Å². The lowest BCUT2D eigenvalue weighted by Crippen LogP contribution is -2.39. The van der Waals surface area contributed by atoms with Gasteiger partial charge in [0.2, 0.25) is 0 Å². The van der Waals surface area contributed by atoms with Gasteiger partial charge in [0, 0.05) is 12.8 Å². The Morgan fingerprint density at radius 2 is 1.80 bits per heavy atom. The number of unbranched alkanes of at least 4 members (excludes halogenated alkanes) is 1. The Bertz CT molecular complexity index is 388. The van der Waals surface area contributed by atoms with E-state index in [0.717, 1.165) is 0 Å². The highest BCUT2D eigenvalue weighted by atomic mass is 16.7. The average Bonchev–Trinajstić information content (AvgIpc) is 2.79. The molecule has 0 aromatic rings. The highest BCUT2D eigenvalue weighted by molar-refractivity contribution is 5.98. The van der Waals surface area contributed by atoms with Crippen molar-refractivity contribution in [2.24, 2.45) is 5.41 Å². The molecule has 6 heteroatoms. The minimum absolute atomic E-state index is 0.00204. The van der Waals surface area contributed by atoms with Crippen molar-refractivity contribution >= 4 is 11.9 Å².